The molecular weight excluding hydrogens is 248 g/mol. The van der Waals surface area contributed by atoms with Crippen LogP contribution in [-0.4, -0.2) is 53.6 Å². The van der Waals surface area contributed by atoms with Gasteiger partial charge in [-0.15, -0.1) is 11.8 Å². The highest BCUT2D eigenvalue weighted by atomic mass is 32.2. The van der Waals surface area contributed by atoms with Crippen LogP contribution in [0.4, 0.5) is 0 Å². The van der Waals surface area contributed by atoms with Crippen molar-refractivity contribution in [2.75, 3.05) is 26.5 Å². The summed E-state index contributed by atoms with van der Waals surface area (Å²) in [7, 11) is 1.31. The maximum Gasteiger partial charge on any atom is 0.308 e. The van der Waals surface area contributed by atoms with E-state index < -0.39 is 12.0 Å². The Labute approximate surface area is 104 Å². The molecule has 1 saturated heterocycles. The molecule has 1 aliphatic rings. The average Bonchev–Trinajstić information content (AvgIpc) is 2.30. The molecular formula is C9H14N2O3S2. The molecule has 90 valence electrons. The second-order valence-corrected chi connectivity index (χ2v) is 4.69. The minimum absolute atomic E-state index is 0.0308. The highest BCUT2D eigenvalue weighted by molar-refractivity contribution is 8.22. The Kier molecular flexibility index (Phi) is 5.01. The SMILES string of the molecule is COC(=O)CC1C(=O)NCCN1C(=S)SC. The maximum absolute atomic E-state index is 11.6. The van der Waals surface area contributed by atoms with Crippen molar-refractivity contribution in [1.29, 1.82) is 0 Å². The van der Waals surface area contributed by atoms with Crippen LogP contribution in [0.5, 0.6) is 0 Å². The number of hydrogen-bond acceptors (Lipinski definition) is 5. The zero-order chi connectivity index (χ0) is 12.1. The van der Waals surface area contributed by atoms with Gasteiger partial charge in [0, 0.05) is 13.1 Å². The fourth-order valence-electron chi connectivity index (χ4n) is 1.49. The van der Waals surface area contributed by atoms with Crippen LogP contribution >= 0.6 is 24.0 Å². The Balaban J connectivity index is 2.75. The maximum atomic E-state index is 11.6. The predicted molar refractivity (Wildman–Crippen MR) is 66.2 cm³/mol. The van der Waals surface area contributed by atoms with Gasteiger partial charge in [0.05, 0.1) is 13.5 Å². The summed E-state index contributed by atoms with van der Waals surface area (Å²) in [5, 5.41) is 2.71. The van der Waals surface area contributed by atoms with E-state index >= 15 is 0 Å². The summed E-state index contributed by atoms with van der Waals surface area (Å²) in [6, 6.07) is -0.541. The summed E-state index contributed by atoms with van der Waals surface area (Å²) in [6.45, 7) is 1.18. The van der Waals surface area contributed by atoms with E-state index in [1.54, 1.807) is 4.90 Å². The largest absolute Gasteiger partial charge is 0.469 e. The lowest BCUT2D eigenvalue weighted by atomic mass is 10.1. The van der Waals surface area contributed by atoms with Gasteiger partial charge in [0.25, 0.3) is 0 Å². The van der Waals surface area contributed by atoms with Crippen LogP contribution < -0.4 is 5.32 Å². The first-order chi connectivity index (χ1) is 7.60. The van der Waals surface area contributed by atoms with Crippen LogP contribution in [0.2, 0.25) is 0 Å². The van der Waals surface area contributed by atoms with Crippen molar-refractivity contribution < 1.29 is 14.3 Å². The lowest BCUT2D eigenvalue weighted by molar-refractivity contribution is -0.144. The van der Waals surface area contributed by atoms with Crippen LogP contribution in [0.25, 0.3) is 0 Å². The summed E-state index contributed by atoms with van der Waals surface area (Å²) in [5.41, 5.74) is 0. The summed E-state index contributed by atoms with van der Waals surface area (Å²) in [4.78, 5) is 24.6. The third-order valence-corrected chi connectivity index (χ3v) is 3.65. The number of thiocarbonyl (C=S) groups is 1. The van der Waals surface area contributed by atoms with E-state index in [1.165, 1.54) is 18.9 Å². The van der Waals surface area contributed by atoms with Gasteiger partial charge in [-0.3, -0.25) is 9.59 Å². The smallest absolute Gasteiger partial charge is 0.308 e. The van der Waals surface area contributed by atoms with E-state index in [0.29, 0.717) is 17.4 Å². The zero-order valence-electron chi connectivity index (χ0n) is 9.19. The molecule has 0 aromatic carbocycles. The number of thioether (sulfide) groups is 1. The summed E-state index contributed by atoms with van der Waals surface area (Å²) >= 11 is 6.55. The lowest BCUT2D eigenvalue weighted by Crippen LogP contribution is -2.56. The minimum atomic E-state index is -0.541. The van der Waals surface area contributed by atoms with Crippen molar-refractivity contribution in [1.82, 2.24) is 10.2 Å². The fourth-order valence-corrected chi connectivity index (χ4v) is 2.17. The zero-order valence-corrected chi connectivity index (χ0v) is 10.8. The van der Waals surface area contributed by atoms with E-state index in [9.17, 15) is 9.59 Å². The van der Waals surface area contributed by atoms with Gasteiger partial charge in [0.2, 0.25) is 5.91 Å². The topological polar surface area (TPSA) is 58.6 Å². The lowest BCUT2D eigenvalue weighted by Gasteiger charge is -2.35. The van der Waals surface area contributed by atoms with E-state index in [4.69, 9.17) is 12.2 Å². The molecule has 7 heteroatoms. The first-order valence-corrected chi connectivity index (χ1v) is 6.42. The quantitative estimate of drug-likeness (QED) is 0.558. The standard InChI is InChI=1S/C9H14N2O3S2/c1-14-7(12)5-6-8(13)10-3-4-11(6)9(15)16-2/h6H,3-5H2,1-2H3,(H,10,13). The molecule has 0 spiro atoms. The molecule has 0 saturated carbocycles. The average molecular weight is 262 g/mol. The van der Waals surface area contributed by atoms with Gasteiger partial charge in [-0.2, -0.15) is 0 Å². The Morgan fingerprint density at radius 1 is 1.75 bits per heavy atom. The number of carbonyl (C=O) groups excluding carboxylic acids is 2. The number of piperazine rings is 1. The van der Waals surface area contributed by atoms with Crippen LogP contribution in [-0.2, 0) is 14.3 Å². The van der Waals surface area contributed by atoms with Crippen molar-refractivity contribution >= 4 is 40.2 Å². The van der Waals surface area contributed by atoms with E-state index in [-0.39, 0.29) is 12.3 Å². The normalized spacial score (nSPS) is 20.2. The number of methoxy groups -OCH3 is 1. The van der Waals surface area contributed by atoms with Crippen molar-refractivity contribution in [3.05, 3.63) is 0 Å². The molecule has 1 heterocycles. The van der Waals surface area contributed by atoms with Gasteiger partial charge in [0.15, 0.2) is 0 Å². The number of nitrogens with zero attached hydrogens (tertiary/aromatic N) is 1. The van der Waals surface area contributed by atoms with Gasteiger partial charge in [-0.05, 0) is 6.26 Å². The molecule has 0 bridgehead atoms. The number of esters is 1. The van der Waals surface area contributed by atoms with Gasteiger partial charge >= 0.3 is 5.97 Å². The number of amides is 1. The predicted octanol–water partition coefficient (Wildman–Crippen LogP) is -0.00220. The molecule has 5 nitrogen and oxygen atoms in total. The number of hydrogen-bond donors (Lipinski definition) is 1. The molecule has 0 aromatic rings. The van der Waals surface area contributed by atoms with Gasteiger partial charge in [-0.1, -0.05) is 12.2 Å². The third-order valence-electron chi connectivity index (χ3n) is 2.33. The van der Waals surface area contributed by atoms with Gasteiger partial charge in [0.1, 0.15) is 10.4 Å². The minimum Gasteiger partial charge on any atom is -0.469 e. The Bertz CT molecular complexity index is 309. The molecule has 1 atom stereocenters. The second kappa shape index (κ2) is 6.05. The van der Waals surface area contributed by atoms with Crippen molar-refractivity contribution in [3.63, 3.8) is 0 Å². The second-order valence-electron chi connectivity index (χ2n) is 3.25. The van der Waals surface area contributed by atoms with Crippen LogP contribution in [0.3, 0.4) is 0 Å². The Hall–Kier alpha value is -0.820. The number of carbonyl (C=O) groups is 2. The highest BCUT2D eigenvalue weighted by Crippen LogP contribution is 2.15. The molecule has 16 heavy (non-hydrogen) atoms. The highest BCUT2D eigenvalue weighted by Gasteiger charge is 2.33. The van der Waals surface area contributed by atoms with Crippen LogP contribution in [0.1, 0.15) is 6.42 Å². The van der Waals surface area contributed by atoms with Crippen molar-refractivity contribution in [3.8, 4) is 0 Å². The summed E-state index contributed by atoms with van der Waals surface area (Å²) in [5.74, 6) is -0.580. The molecule has 0 radical (unpaired) electrons. The van der Waals surface area contributed by atoms with Gasteiger partial charge < -0.3 is 15.0 Å². The molecule has 0 aliphatic carbocycles. The van der Waals surface area contributed by atoms with Crippen molar-refractivity contribution in [2.24, 2.45) is 0 Å². The molecule has 1 rings (SSSR count). The van der Waals surface area contributed by atoms with E-state index in [1.807, 2.05) is 6.26 Å². The molecule has 0 aromatic heterocycles. The van der Waals surface area contributed by atoms with Crippen molar-refractivity contribution in [2.45, 2.75) is 12.5 Å². The summed E-state index contributed by atoms with van der Waals surface area (Å²) in [6.07, 6.45) is 1.88. The molecule has 1 fully saturated rings. The molecule has 1 N–H and O–H groups in total. The van der Waals surface area contributed by atoms with E-state index in [2.05, 4.69) is 10.1 Å². The Morgan fingerprint density at radius 2 is 2.44 bits per heavy atom. The molecule has 1 aliphatic heterocycles. The van der Waals surface area contributed by atoms with Crippen LogP contribution in [0.15, 0.2) is 0 Å². The first kappa shape index (κ1) is 13.2. The monoisotopic (exact) mass is 262 g/mol. The van der Waals surface area contributed by atoms with E-state index in [0.717, 1.165) is 0 Å². The number of nitrogens with one attached hydrogen (secondary N) is 1. The van der Waals surface area contributed by atoms with Gasteiger partial charge in [-0.25, -0.2) is 0 Å². The molecule has 1 amide bonds. The molecule has 1 unspecified atom stereocenters. The summed E-state index contributed by atoms with van der Waals surface area (Å²) < 4.78 is 5.20. The third kappa shape index (κ3) is 3.08. The first-order valence-electron chi connectivity index (χ1n) is 4.79. The fraction of sp³-hybridized carbons (Fsp3) is 0.667. The Morgan fingerprint density at radius 3 is 3.00 bits per heavy atom. The number of ether oxygens (including phenoxy) is 1. The van der Waals surface area contributed by atoms with Crippen LogP contribution in [0, 0.1) is 0 Å². The number of rotatable bonds is 2.